The van der Waals surface area contributed by atoms with Crippen molar-refractivity contribution in [2.75, 3.05) is 0 Å². The molecule has 0 bridgehead atoms. The largest absolute Gasteiger partial charge is 0.254 e. The highest BCUT2D eigenvalue weighted by Crippen LogP contribution is 2.37. The van der Waals surface area contributed by atoms with E-state index in [2.05, 4.69) is 40.6 Å². The standard InChI is InChI=1S/C20H22N3/c1-3-8-16(9-4-1)18-14-21-15-19(17-10-5-2-6-11-17)20(18)23-13-7-12-22-23/h3,5,7-8,10,12-14,16-17H,1-2,4,6,9,11H2. The lowest BCUT2D eigenvalue weighted by molar-refractivity contribution is 0.627. The van der Waals surface area contributed by atoms with Gasteiger partial charge in [0.2, 0.25) is 0 Å². The van der Waals surface area contributed by atoms with E-state index in [4.69, 9.17) is 0 Å². The second-order valence-corrected chi connectivity index (χ2v) is 6.47. The summed E-state index contributed by atoms with van der Waals surface area (Å²) in [5, 5.41) is 4.52. The molecule has 3 heteroatoms. The molecular weight excluding hydrogens is 282 g/mol. The van der Waals surface area contributed by atoms with Gasteiger partial charge >= 0.3 is 0 Å². The van der Waals surface area contributed by atoms with E-state index in [-0.39, 0.29) is 0 Å². The van der Waals surface area contributed by atoms with Crippen LogP contribution in [0.3, 0.4) is 0 Å². The zero-order valence-corrected chi connectivity index (χ0v) is 13.4. The molecule has 0 spiro atoms. The van der Waals surface area contributed by atoms with Crippen LogP contribution >= 0.6 is 0 Å². The van der Waals surface area contributed by atoms with Crippen LogP contribution in [0.1, 0.15) is 61.5 Å². The van der Waals surface area contributed by atoms with Crippen LogP contribution in [0.4, 0.5) is 0 Å². The summed E-state index contributed by atoms with van der Waals surface area (Å²) in [4.78, 5) is 4.47. The van der Waals surface area contributed by atoms with Crippen LogP contribution in [0.5, 0.6) is 0 Å². The van der Waals surface area contributed by atoms with Gasteiger partial charge in [-0.05, 0) is 44.6 Å². The van der Waals surface area contributed by atoms with Gasteiger partial charge in [0.25, 0.3) is 0 Å². The van der Waals surface area contributed by atoms with E-state index in [1.807, 2.05) is 29.3 Å². The topological polar surface area (TPSA) is 30.7 Å². The third kappa shape index (κ3) is 2.88. The first-order valence-electron chi connectivity index (χ1n) is 8.67. The Morgan fingerprint density at radius 1 is 1.04 bits per heavy atom. The summed E-state index contributed by atoms with van der Waals surface area (Å²) in [6, 6.07) is 1.99. The highest BCUT2D eigenvalue weighted by Gasteiger charge is 2.23. The predicted molar refractivity (Wildman–Crippen MR) is 91.7 cm³/mol. The normalized spacial score (nSPS) is 24.0. The molecule has 0 N–H and O–H groups in total. The zero-order valence-electron chi connectivity index (χ0n) is 13.4. The summed E-state index contributed by atoms with van der Waals surface area (Å²) in [6.45, 7) is 0. The van der Waals surface area contributed by atoms with Crippen molar-refractivity contribution in [1.82, 2.24) is 14.8 Å². The monoisotopic (exact) mass is 304 g/mol. The maximum absolute atomic E-state index is 4.52. The summed E-state index contributed by atoms with van der Waals surface area (Å²) >= 11 is 0. The fourth-order valence-electron chi connectivity index (χ4n) is 3.75. The summed E-state index contributed by atoms with van der Waals surface area (Å²) in [5.41, 5.74) is 3.68. The van der Waals surface area contributed by atoms with Crippen molar-refractivity contribution in [3.8, 4) is 5.69 Å². The van der Waals surface area contributed by atoms with Crippen LogP contribution in [0.15, 0.2) is 49.0 Å². The van der Waals surface area contributed by atoms with Crippen LogP contribution in [0, 0.1) is 6.20 Å². The molecule has 0 amide bonds. The van der Waals surface area contributed by atoms with Gasteiger partial charge in [0.1, 0.15) is 0 Å². The van der Waals surface area contributed by atoms with E-state index in [1.165, 1.54) is 55.3 Å². The Morgan fingerprint density at radius 2 is 1.83 bits per heavy atom. The number of hydrogen-bond acceptors (Lipinski definition) is 2. The number of hydrogen-bond donors (Lipinski definition) is 0. The van der Waals surface area contributed by atoms with Gasteiger partial charge in [0.05, 0.1) is 11.9 Å². The van der Waals surface area contributed by atoms with Crippen molar-refractivity contribution in [3.63, 3.8) is 0 Å². The van der Waals surface area contributed by atoms with E-state index < -0.39 is 0 Å². The minimum atomic E-state index is 0.406. The van der Waals surface area contributed by atoms with Crippen LogP contribution < -0.4 is 0 Å². The molecule has 2 aliphatic carbocycles. The van der Waals surface area contributed by atoms with Crippen LogP contribution in [0.2, 0.25) is 0 Å². The van der Waals surface area contributed by atoms with Crippen molar-refractivity contribution in [2.45, 2.75) is 50.4 Å². The van der Waals surface area contributed by atoms with Crippen molar-refractivity contribution >= 4 is 0 Å². The van der Waals surface area contributed by atoms with Gasteiger partial charge in [-0.1, -0.05) is 24.3 Å². The van der Waals surface area contributed by atoms with Crippen LogP contribution in [-0.4, -0.2) is 14.8 Å². The molecule has 0 fully saturated rings. The van der Waals surface area contributed by atoms with E-state index in [0.29, 0.717) is 11.8 Å². The smallest absolute Gasteiger partial charge is 0.0949 e. The van der Waals surface area contributed by atoms with Crippen molar-refractivity contribution < 1.29 is 0 Å². The first kappa shape index (κ1) is 14.4. The number of aromatic nitrogens is 3. The zero-order chi connectivity index (χ0) is 15.5. The van der Waals surface area contributed by atoms with Gasteiger partial charge in [0.15, 0.2) is 0 Å². The highest BCUT2D eigenvalue weighted by molar-refractivity contribution is 5.51. The number of allylic oxidation sites excluding steroid dienone is 4. The molecule has 0 saturated heterocycles. The van der Waals surface area contributed by atoms with E-state index in [9.17, 15) is 0 Å². The Balaban J connectivity index is 1.85. The Kier molecular flexibility index (Phi) is 4.10. The first-order chi connectivity index (χ1) is 11.4. The molecule has 2 aliphatic rings. The average molecular weight is 304 g/mol. The Labute approximate surface area is 137 Å². The lowest BCUT2D eigenvalue weighted by Gasteiger charge is -2.25. The molecule has 2 aromatic rings. The van der Waals surface area contributed by atoms with Gasteiger partial charge in [-0.2, -0.15) is 5.10 Å². The number of pyridine rings is 1. The minimum Gasteiger partial charge on any atom is -0.254 e. The molecule has 1 radical (unpaired) electrons. The fourth-order valence-corrected chi connectivity index (χ4v) is 3.75. The summed E-state index contributed by atoms with van der Waals surface area (Å²) < 4.78 is 2.01. The predicted octanol–water partition coefficient (Wildman–Crippen LogP) is 4.71. The third-order valence-electron chi connectivity index (χ3n) is 4.93. The van der Waals surface area contributed by atoms with Crippen molar-refractivity contribution in [2.24, 2.45) is 0 Å². The lowest BCUT2D eigenvalue weighted by atomic mass is 9.84. The lowest BCUT2D eigenvalue weighted by Crippen LogP contribution is -2.13. The summed E-state index contributed by atoms with van der Waals surface area (Å²) in [5.74, 6) is 0.847. The Bertz CT molecular complexity index is 670. The van der Waals surface area contributed by atoms with Crippen LogP contribution in [0.25, 0.3) is 5.69 Å². The third-order valence-corrected chi connectivity index (χ3v) is 4.93. The number of rotatable bonds is 3. The van der Waals surface area contributed by atoms with Gasteiger partial charge in [-0.3, -0.25) is 4.98 Å². The second-order valence-electron chi connectivity index (χ2n) is 6.47. The summed E-state index contributed by atoms with van der Waals surface area (Å²) in [6.07, 6.45) is 25.7. The molecule has 2 atom stereocenters. The average Bonchev–Trinajstić information content (AvgIpc) is 3.17. The Hall–Kier alpha value is -2.16. The molecular formula is C20H22N3. The quantitative estimate of drug-likeness (QED) is 0.768. The van der Waals surface area contributed by atoms with Crippen molar-refractivity contribution in [3.05, 3.63) is 66.3 Å². The molecule has 3 nitrogen and oxygen atoms in total. The molecule has 0 saturated carbocycles. The van der Waals surface area contributed by atoms with Gasteiger partial charge in [0, 0.05) is 41.6 Å². The minimum absolute atomic E-state index is 0.406. The SMILES string of the molecule is [c]1ncc(C2C=CCCC2)c(-n2cccn2)c1C1C=CCCC1. The molecule has 0 aromatic carbocycles. The summed E-state index contributed by atoms with van der Waals surface area (Å²) in [7, 11) is 0. The molecule has 2 unspecified atom stereocenters. The molecule has 0 aliphatic heterocycles. The maximum atomic E-state index is 4.52. The van der Waals surface area contributed by atoms with Crippen LogP contribution in [-0.2, 0) is 0 Å². The van der Waals surface area contributed by atoms with E-state index in [1.54, 1.807) is 0 Å². The number of nitrogens with zero attached hydrogens (tertiary/aromatic N) is 3. The maximum Gasteiger partial charge on any atom is 0.0949 e. The first-order valence-corrected chi connectivity index (χ1v) is 8.67. The molecule has 117 valence electrons. The molecule has 4 rings (SSSR count). The second kappa shape index (κ2) is 6.53. The Morgan fingerprint density at radius 3 is 2.48 bits per heavy atom. The highest BCUT2D eigenvalue weighted by atomic mass is 15.3. The van der Waals surface area contributed by atoms with E-state index in [0.717, 1.165) is 0 Å². The fraction of sp³-hybridized carbons (Fsp3) is 0.400. The van der Waals surface area contributed by atoms with Gasteiger partial charge < -0.3 is 0 Å². The van der Waals surface area contributed by atoms with E-state index >= 15 is 0 Å². The molecule has 23 heavy (non-hydrogen) atoms. The van der Waals surface area contributed by atoms with Crippen molar-refractivity contribution in [1.29, 1.82) is 0 Å². The van der Waals surface area contributed by atoms with Gasteiger partial charge in [-0.15, -0.1) is 0 Å². The van der Waals surface area contributed by atoms with Gasteiger partial charge in [-0.25, -0.2) is 4.68 Å². The molecule has 2 aromatic heterocycles. The molecule has 2 heterocycles.